The third-order valence-corrected chi connectivity index (χ3v) is 6.40. The van der Waals surface area contributed by atoms with Gasteiger partial charge in [-0.1, -0.05) is 17.7 Å². The summed E-state index contributed by atoms with van der Waals surface area (Å²) in [4.78, 5) is 12.5. The lowest BCUT2D eigenvalue weighted by atomic mass is 10.1. The van der Waals surface area contributed by atoms with Gasteiger partial charge in [0.25, 0.3) is 0 Å². The molecule has 1 N–H and O–H groups in total. The van der Waals surface area contributed by atoms with Gasteiger partial charge in [-0.25, -0.2) is 8.42 Å². The summed E-state index contributed by atoms with van der Waals surface area (Å²) in [5.41, 5.74) is 0.818. The first-order chi connectivity index (χ1) is 14.2. The number of ether oxygens (including phenoxy) is 2. The van der Waals surface area contributed by atoms with E-state index >= 15 is 0 Å². The van der Waals surface area contributed by atoms with E-state index in [0.717, 1.165) is 9.87 Å². The number of carbonyl (C=O) groups is 1. The Balaban J connectivity index is 2.06. The molecule has 0 aliphatic carbocycles. The van der Waals surface area contributed by atoms with Crippen LogP contribution in [0.3, 0.4) is 0 Å². The molecule has 0 bridgehead atoms. The largest absolute Gasteiger partial charge is 0.490 e. The Labute approximate surface area is 183 Å². The maximum Gasteiger partial charge on any atom is 0.243 e. The van der Waals surface area contributed by atoms with Crippen LogP contribution in [0, 0.1) is 0 Å². The molecule has 0 aromatic heterocycles. The molecule has 0 fully saturated rings. The SMILES string of the molecule is CCOc1ccc([C@H](C)NC(=O)CN(C)S(=O)(=O)c2ccc(Cl)cc2)cc1OCC. The normalized spacial score (nSPS) is 12.5. The van der Waals surface area contributed by atoms with Crippen molar-refractivity contribution in [2.45, 2.75) is 31.7 Å². The highest BCUT2D eigenvalue weighted by atomic mass is 35.5. The van der Waals surface area contributed by atoms with Gasteiger partial charge in [0.05, 0.1) is 30.7 Å². The van der Waals surface area contributed by atoms with Crippen LogP contribution in [0.5, 0.6) is 11.5 Å². The lowest BCUT2D eigenvalue weighted by molar-refractivity contribution is -0.121. The fourth-order valence-electron chi connectivity index (χ4n) is 2.78. The minimum absolute atomic E-state index is 0.0723. The van der Waals surface area contributed by atoms with Crippen LogP contribution in [0.15, 0.2) is 47.4 Å². The average molecular weight is 455 g/mol. The molecule has 2 aromatic rings. The van der Waals surface area contributed by atoms with Gasteiger partial charge in [-0.15, -0.1) is 0 Å². The third kappa shape index (κ3) is 6.10. The Morgan fingerprint density at radius 3 is 2.27 bits per heavy atom. The molecule has 0 aliphatic heterocycles. The molecular formula is C21H27ClN2O5S. The Hall–Kier alpha value is -2.29. The lowest BCUT2D eigenvalue weighted by Gasteiger charge is -2.20. The minimum Gasteiger partial charge on any atom is -0.490 e. The fraction of sp³-hybridized carbons (Fsp3) is 0.381. The number of hydrogen-bond donors (Lipinski definition) is 1. The summed E-state index contributed by atoms with van der Waals surface area (Å²) >= 11 is 5.81. The molecule has 0 aliphatic rings. The summed E-state index contributed by atoms with van der Waals surface area (Å²) in [6.07, 6.45) is 0. The van der Waals surface area contributed by atoms with E-state index in [1.54, 1.807) is 6.07 Å². The summed E-state index contributed by atoms with van der Waals surface area (Å²) in [7, 11) is -2.44. The van der Waals surface area contributed by atoms with Crippen LogP contribution >= 0.6 is 11.6 Å². The first kappa shape index (κ1) is 24.0. The second-order valence-electron chi connectivity index (χ2n) is 6.58. The first-order valence-electron chi connectivity index (χ1n) is 9.59. The standard InChI is InChI=1S/C21H27ClN2O5S/c1-5-28-19-12-7-16(13-20(19)29-6-2)15(3)23-21(25)14-24(4)30(26,27)18-10-8-17(22)9-11-18/h7-13,15H,5-6,14H2,1-4H3,(H,23,25)/t15-/m0/s1. The molecule has 0 spiro atoms. The lowest BCUT2D eigenvalue weighted by Crippen LogP contribution is -2.39. The number of likely N-dealkylation sites (N-methyl/N-ethyl adjacent to an activating group) is 1. The van der Waals surface area contributed by atoms with E-state index < -0.39 is 15.9 Å². The van der Waals surface area contributed by atoms with Crippen molar-refractivity contribution in [2.24, 2.45) is 0 Å². The second-order valence-corrected chi connectivity index (χ2v) is 9.06. The van der Waals surface area contributed by atoms with Crippen molar-refractivity contribution in [3.8, 4) is 11.5 Å². The van der Waals surface area contributed by atoms with Crippen molar-refractivity contribution in [1.29, 1.82) is 0 Å². The van der Waals surface area contributed by atoms with Crippen molar-refractivity contribution in [2.75, 3.05) is 26.8 Å². The number of halogens is 1. The van der Waals surface area contributed by atoms with Crippen LogP contribution in [0.25, 0.3) is 0 Å². The summed E-state index contributed by atoms with van der Waals surface area (Å²) in [6, 6.07) is 10.9. The number of benzene rings is 2. The fourth-order valence-corrected chi connectivity index (χ4v) is 4.03. The van der Waals surface area contributed by atoms with Crippen molar-refractivity contribution in [3.63, 3.8) is 0 Å². The minimum atomic E-state index is -3.80. The molecule has 164 valence electrons. The summed E-state index contributed by atoms with van der Waals surface area (Å²) in [5.74, 6) is 0.810. The molecule has 0 radical (unpaired) electrons. The van der Waals surface area contributed by atoms with Crippen LogP contribution in [0.2, 0.25) is 5.02 Å². The third-order valence-electron chi connectivity index (χ3n) is 4.33. The van der Waals surface area contributed by atoms with Gasteiger partial charge in [-0.3, -0.25) is 4.79 Å². The molecule has 7 nitrogen and oxygen atoms in total. The van der Waals surface area contributed by atoms with E-state index in [1.807, 2.05) is 32.9 Å². The number of carbonyl (C=O) groups excluding carboxylic acids is 1. The number of hydrogen-bond acceptors (Lipinski definition) is 5. The van der Waals surface area contributed by atoms with Crippen molar-refractivity contribution in [3.05, 3.63) is 53.1 Å². The number of rotatable bonds is 10. The second kappa shape index (κ2) is 10.7. The van der Waals surface area contributed by atoms with Gasteiger partial charge >= 0.3 is 0 Å². The van der Waals surface area contributed by atoms with E-state index in [4.69, 9.17) is 21.1 Å². The van der Waals surface area contributed by atoms with E-state index in [1.165, 1.54) is 31.3 Å². The number of nitrogens with one attached hydrogen (secondary N) is 1. The van der Waals surface area contributed by atoms with E-state index in [-0.39, 0.29) is 17.5 Å². The van der Waals surface area contributed by atoms with Gasteiger partial charge in [-0.05, 0) is 62.7 Å². The van der Waals surface area contributed by atoms with E-state index in [9.17, 15) is 13.2 Å². The molecule has 1 atom stereocenters. The smallest absolute Gasteiger partial charge is 0.243 e. The van der Waals surface area contributed by atoms with Gasteiger partial charge in [0.2, 0.25) is 15.9 Å². The Morgan fingerprint density at radius 2 is 1.67 bits per heavy atom. The summed E-state index contributed by atoms with van der Waals surface area (Å²) < 4.78 is 37.4. The van der Waals surface area contributed by atoms with Crippen LogP contribution in [0.1, 0.15) is 32.4 Å². The van der Waals surface area contributed by atoms with Gasteiger partial charge in [0.15, 0.2) is 11.5 Å². The molecular weight excluding hydrogens is 428 g/mol. The van der Waals surface area contributed by atoms with Crippen LogP contribution in [-0.4, -0.2) is 45.4 Å². The predicted molar refractivity (Wildman–Crippen MR) is 117 cm³/mol. The summed E-state index contributed by atoms with van der Waals surface area (Å²) in [5, 5.41) is 3.25. The van der Waals surface area contributed by atoms with Gasteiger partial charge in [0, 0.05) is 12.1 Å². The molecule has 30 heavy (non-hydrogen) atoms. The number of nitrogens with zero attached hydrogens (tertiary/aromatic N) is 1. The van der Waals surface area contributed by atoms with Gasteiger partial charge < -0.3 is 14.8 Å². The van der Waals surface area contributed by atoms with Crippen LogP contribution in [-0.2, 0) is 14.8 Å². The maximum atomic E-state index is 12.6. The van der Waals surface area contributed by atoms with Gasteiger partial charge in [-0.2, -0.15) is 4.31 Å². The number of sulfonamides is 1. The van der Waals surface area contributed by atoms with Crippen molar-refractivity contribution >= 4 is 27.5 Å². The highest BCUT2D eigenvalue weighted by Crippen LogP contribution is 2.30. The first-order valence-corrected chi connectivity index (χ1v) is 11.4. The van der Waals surface area contributed by atoms with Crippen LogP contribution < -0.4 is 14.8 Å². The van der Waals surface area contributed by atoms with E-state index in [0.29, 0.717) is 29.7 Å². The zero-order valence-electron chi connectivity index (χ0n) is 17.5. The topological polar surface area (TPSA) is 84.9 Å². The Bertz CT molecular complexity index is 964. The van der Waals surface area contributed by atoms with Gasteiger partial charge in [0.1, 0.15) is 0 Å². The average Bonchev–Trinajstić information content (AvgIpc) is 2.69. The molecule has 0 saturated heterocycles. The Morgan fingerprint density at radius 1 is 1.07 bits per heavy atom. The molecule has 0 unspecified atom stereocenters. The monoisotopic (exact) mass is 454 g/mol. The number of amides is 1. The van der Waals surface area contributed by atoms with Crippen molar-refractivity contribution in [1.82, 2.24) is 9.62 Å². The molecule has 2 rings (SSSR count). The zero-order valence-corrected chi connectivity index (χ0v) is 19.1. The molecule has 2 aromatic carbocycles. The predicted octanol–water partition coefficient (Wildman–Crippen LogP) is 3.64. The molecule has 1 amide bonds. The van der Waals surface area contributed by atoms with Crippen LogP contribution in [0.4, 0.5) is 0 Å². The highest BCUT2D eigenvalue weighted by molar-refractivity contribution is 7.89. The zero-order chi connectivity index (χ0) is 22.3. The van der Waals surface area contributed by atoms with E-state index in [2.05, 4.69) is 5.32 Å². The Kier molecular flexibility index (Phi) is 8.52. The molecule has 9 heteroatoms. The maximum absolute atomic E-state index is 12.6. The molecule has 0 heterocycles. The summed E-state index contributed by atoms with van der Waals surface area (Å²) in [6.45, 7) is 6.27. The molecule has 0 saturated carbocycles. The highest BCUT2D eigenvalue weighted by Gasteiger charge is 2.23. The quantitative estimate of drug-likeness (QED) is 0.592. The van der Waals surface area contributed by atoms with Crippen molar-refractivity contribution < 1.29 is 22.7 Å².